The van der Waals surface area contributed by atoms with E-state index in [1.165, 1.54) is 11.1 Å². The first-order chi connectivity index (χ1) is 6.95. The Kier molecular flexibility index (Phi) is 2.97. The van der Waals surface area contributed by atoms with Crippen molar-refractivity contribution in [1.29, 1.82) is 0 Å². The van der Waals surface area contributed by atoms with E-state index in [0.717, 1.165) is 12.8 Å². The van der Waals surface area contributed by atoms with Crippen molar-refractivity contribution in [2.75, 3.05) is 0 Å². The molecule has 1 aliphatic carbocycles. The van der Waals surface area contributed by atoms with Crippen molar-refractivity contribution in [2.45, 2.75) is 12.8 Å². The maximum absolute atomic E-state index is 2.27. The average Bonchev–Trinajstić information content (AvgIpc) is 2.72. The van der Waals surface area contributed by atoms with Crippen LogP contribution in [-0.2, 0) is 0 Å². The quantitative estimate of drug-likeness (QED) is 0.663. The van der Waals surface area contributed by atoms with Crippen LogP contribution in [0, 0.1) is 0 Å². The molecule has 0 nitrogen and oxygen atoms in total. The van der Waals surface area contributed by atoms with Crippen molar-refractivity contribution in [3.8, 4) is 0 Å². The zero-order valence-corrected chi connectivity index (χ0v) is 8.19. The molecule has 14 heavy (non-hydrogen) atoms. The number of hydrogen-bond donors (Lipinski definition) is 0. The van der Waals surface area contributed by atoms with Gasteiger partial charge in [0.05, 0.1) is 0 Å². The van der Waals surface area contributed by atoms with Gasteiger partial charge in [-0.25, -0.2) is 0 Å². The second-order valence-corrected chi connectivity index (χ2v) is 3.43. The molecule has 0 saturated carbocycles. The highest BCUT2D eigenvalue weighted by atomic mass is 14.0. The summed E-state index contributed by atoms with van der Waals surface area (Å²) >= 11 is 0. The molecule has 0 heterocycles. The van der Waals surface area contributed by atoms with E-state index in [9.17, 15) is 0 Å². The van der Waals surface area contributed by atoms with Gasteiger partial charge in [0, 0.05) is 0 Å². The van der Waals surface area contributed by atoms with Gasteiger partial charge in [-0.3, -0.25) is 0 Å². The lowest BCUT2D eigenvalue weighted by atomic mass is 10.1. The topological polar surface area (TPSA) is 0 Å². The third kappa shape index (κ3) is 2.46. The Labute approximate surface area is 85.3 Å². The highest BCUT2D eigenvalue weighted by Gasteiger charge is 1.93. The summed E-state index contributed by atoms with van der Waals surface area (Å²) in [5, 5.41) is 0. The summed E-state index contributed by atoms with van der Waals surface area (Å²) in [4.78, 5) is 0. The molecule has 1 aromatic rings. The van der Waals surface area contributed by atoms with Crippen LogP contribution < -0.4 is 0 Å². The van der Waals surface area contributed by atoms with Gasteiger partial charge in [0.1, 0.15) is 0 Å². The van der Waals surface area contributed by atoms with Gasteiger partial charge >= 0.3 is 0 Å². The number of hydrogen-bond acceptors (Lipinski definition) is 0. The number of benzene rings is 1. The highest BCUT2D eigenvalue weighted by Crippen LogP contribution is 2.13. The van der Waals surface area contributed by atoms with E-state index < -0.39 is 0 Å². The first-order valence-corrected chi connectivity index (χ1v) is 5.02. The SMILES string of the molecule is C1=CC(CC=Cc2ccccc2)=CC1. The van der Waals surface area contributed by atoms with Crippen molar-refractivity contribution in [1.82, 2.24) is 0 Å². The molecule has 0 heteroatoms. The molecule has 0 fully saturated rings. The van der Waals surface area contributed by atoms with E-state index >= 15 is 0 Å². The molecule has 1 aromatic carbocycles. The van der Waals surface area contributed by atoms with E-state index in [-0.39, 0.29) is 0 Å². The minimum Gasteiger partial charge on any atom is -0.0805 e. The summed E-state index contributed by atoms with van der Waals surface area (Å²) in [6, 6.07) is 10.4. The predicted molar refractivity (Wildman–Crippen MR) is 61.9 cm³/mol. The Bertz CT molecular complexity index is 366. The lowest BCUT2D eigenvalue weighted by Crippen LogP contribution is -1.72. The lowest BCUT2D eigenvalue weighted by molar-refractivity contribution is 1.29. The second-order valence-electron chi connectivity index (χ2n) is 3.43. The van der Waals surface area contributed by atoms with E-state index in [1.807, 2.05) is 6.07 Å². The molecule has 0 atom stereocenters. The number of rotatable bonds is 3. The molecule has 0 aliphatic heterocycles. The van der Waals surface area contributed by atoms with Gasteiger partial charge in [-0.15, -0.1) is 0 Å². The summed E-state index contributed by atoms with van der Waals surface area (Å²) in [6.07, 6.45) is 13.2. The fraction of sp³-hybridized carbons (Fsp3) is 0.143. The van der Waals surface area contributed by atoms with Gasteiger partial charge in [0.2, 0.25) is 0 Å². The van der Waals surface area contributed by atoms with Gasteiger partial charge in [-0.2, -0.15) is 0 Å². The summed E-state index contributed by atoms with van der Waals surface area (Å²) in [7, 11) is 0. The Morgan fingerprint density at radius 2 is 2.00 bits per heavy atom. The standard InChI is InChI=1S/C14H14/c1-2-7-13(8-3-1)11-6-12-14-9-4-5-10-14/h1-4,6-11H,5,12H2. The molecule has 0 aromatic heterocycles. The molecule has 0 unspecified atom stereocenters. The van der Waals surface area contributed by atoms with E-state index in [0.29, 0.717) is 0 Å². The minimum atomic E-state index is 1.05. The van der Waals surface area contributed by atoms with Gasteiger partial charge < -0.3 is 0 Å². The molecule has 0 spiro atoms. The van der Waals surface area contributed by atoms with Crippen LogP contribution in [0.15, 0.2) is 60.2 Å². The van der Waals surface area contributed by atoms with Crippen molar-refractivity contribution in [3.63, 3.8) is 0 Å². The maximum atomic E-state index is 2.27. The van der Waals surface area contributed by atoms with Crippen LogP contribution in [0.1, 0.15) is 18.4 Å². The van der Waals surface area contributed by atoms with Crippen LogP contribution >= 0.6 is 0 Å². The van der Waals surface area contributed by atoms with Crippen LogP contribution in [-0.4, -0.2) is 0 Å². The van der Waals surface area contributed by atoms with E-state index in [4.69, 9.17) is 0 Å². The third-order valence-corrected chi connectivity index (χ3v) is 2.31. The summed E-state index contributed by atoms with van der Waals surface area (Å²) in [5.41, 5.74) is 2.70. The smallest absolute Gasteiger partial charge is 0.00973 e. The molecule has 0 bridgehead atoms. The van der Waals surface area contributed by atoms with Crippen LogP contribution in [0.4, 0.5) is 0 Å². The maximum Gasteiger partial charge on any atom is -0.00973 e. The van der Waals surface area contributed by atoms with Crippen molar-refractivity contribution >= 4 is 6.08 Å². The van der Waals surface area contributed by atoms with Crippen LogP contribution in [0.5, 0.6) is 0 Å². The summed E-state index contributed by atoms with van der Waals surface area (Å²) in [6.45, 7) is 0. The van der Waals surface area contributed by atoms with Gasteiger partial charge in [0.25, 0.3) is 0 Å². The van der Waals surface area contributed by atoms with Gasteiger partial charge in [-0.1, -0.05) is 60.7 Å². The first kappa shape index (κ1) is 9.01. The fourth-order valence-corrected chi connectivity index (χ4v) is 1.55. The lowest BCUT2D eigenvalue weighted by Gasteiger charge is -1.93. The number of allylic oxidation sites excluding steroid dienone is 5. The van der Waals surface area contributed by atoms with Crippen LogP contribution in [0.25, 0.3) is 6.08 Å². The Morgan fingerprint density at radius 1 is 1.14 bits per heavy atom. The summed E-state index contributed by atoms with van der Waals surface area (Å²) < 4.78 is 0. The Balaban J connectivity index is 1.92. The predicted octanol–water partition coefficient (Wildman–Crippen LogP) is 3.98. The van der Waals surface area contributed by atoms with E-state index in [2.05, 4.69) is 54.6 Å². The zero-order valence-electron chi connectivity index (χ0n) is 8.19. The largest absolute Gasteiger partial charge is 0.0805 e. The minimum absolute atomic E-state index is 1.05. The molecule has 0 N–H and O–H groups in total. The molecule has 0 saturated heterocycles. The van der Waals surface area contributed by atoms with Crippen molar-refractivity contribution < 1.29 is 0 Å². The van der Waals surface area contributed by atoms with Crippen LogP contribution in [0.3, 0.4) is 0 Å². The van der Waals surface area contributed by atoms with Crippen molar-refractivity contribution in [3.05, 3.63) is 65.8 Å². The molecular weight excluding hydrogens is 168 g/mol. The normalized spacial score (nSPS) is 15.0. The monoisotopic (exact) mass is 182 g/mol. The first-order valence-electron chi connectivity index (χ1n) is 5.02. The molecule has 0 radical (unpaired) electrons. The molecule has 70 valence electrons. The Morgan fingerprint density at radius 3 is 2.71 bits per heavy atom. The van der Waals surface area contributed by atoms with Gasteiger partial charge in [0.15, 0.2) is 0 Å². The molecular formula is C14H14. The zero-order chi connectivity index (χ0) is 9.64. The second kappa shape index (κ2) is 4.61. The molecule has 0 amide bonds. The summed E-state index contributed by atoms with van der Waals surface area (Å²) in [5.74, 6) is 0. The third-order valence-electron chi connectivity index (χ3n) is 2.31. The van der Waals surface area contributed by atoms with Crippen LogP contribution in [0.2, 0.25) is 0 Å². The highest BCUT2D eigenvalue weighted by molar-refractivity contribution is 5.49. The van der Waals surface area contributed by atoms with Gasteiger partial charge in [-0.05, 0) is 24.0 Å². The molecule has 2 rings (SSSR count). The average molecular weight is 182 g/mol. The Hall–Kier alpha value is -1.56. The molecule has 1 aliphatic rings. The van der Waals surface area contributed by atoms with Crippen molar-refractivity contribution in [2.24, 2.45) is 0 Å². The van der Waals surface area contributed by atoms with E-state index in [1.54, 1.807) is 0 Å². The fourth-order valence-electron chi connectivity index (χ4n) is 1.55.